The molecular formula is C26H32N4O6S3. The normalized spacial score (nSPS) is 14.9. The first-order chi connectivity index (χ1) is 18.9. The minimum atomic E-state index is -0.604. The van der Waals surface area contributed by atoms with E-state index in [0.29, 0.717) is 17.3 Å². The zero-order valence-corrected chi connectivity index (χ0v) is 24.9. The number of rotatable bonds is 12. The number of hydrogen-bond donors (Lipinski definition) is 1. The lowest BCUT2D eigenvalue weighted by Gasteiger charge is -2.14. The van der Waals surface area contributed by atoms with Crippen molar-refractivity contribution in [3.63, 3.8) is 0 Å². The van der Waals surface area contributed by atoms with Crippen molar-refractivity contribution < 1.29 is 28.6 Å². The van der Waals surface area contributed by atoms with Crippen LogP contribution in [0, 0.1) is 6.92 Å². The van der Waals surface area contributed by atoms with Crippen molar-refractivity contribution in [3.05, 3.63) is 32.3 Å². The van der Waals surface area contributed by atoms with Crippen molar-refractivity contribution >= 4 is 57.3 Å². The van der Waals surface area contributed by atoms with Crippen LogP contribution in [0.25, 0.3) is 11.4 Å². The Morgan fingerprint density at radius 1 is 1.18 bits per heavy atom. The highest BCUT2D eigenvalue weighted by Gasteiger charge is 2.28. The van der Waals surface area contributed by atoms with Crippen LogP contribution in [-0.2, 0) is 32.0 Å². The van der Waals surface area contributed by atoms with Crippen LogP contribution in [-0.4, -0.2) is 64.3 Å². The topological polar surface area (TPSA) is 122 Å². The Kier molecular flexibility index (Phi) is 10.2. The molecule has 0 aliphatic carbocycles. The number of hydrogen-bond acceptors (Lipinski definition) is 11. The van der Waals surface area contributed by atoms with Gasteiger partial charge in [-0.2, -0.15) is 0 Å². The molecule has 0 spiro atoms. The SMILES string of the molecule is CCOC(=O)c1sc(NC(=O)CSc2nnc(-c3csc(CC)c3)n2CC2CCCO2)c(C(=O)OCC)c1C. The second-order valence-corrected chi connectivity index (χ2v) is 11.7. The number of amides is 1. The largest absolute Gasteiger partial charge is 0.462 e. The highest BCUT2D eigenvalue weighted by atomic mass is 32.2. The molecule has 1 saturated heterocycles. The summed E-state index contributed by atoms with van der Waals surface area (Å²) in [5.74, 6) is -0.717. The van der Waals surface area contributed by atoms with E-state index in [-0.39, 0.29) is 46.4 Å². The average Bonchev–Trinajstić information content (AvgIpc) is 3.71. The van der Waals surface area contributed by atoms with E-state index in [0.717, 1.165) is 48.6 Å². The van der Waals surface area contributed by atoms with Crippen molar-refractivity contribution in [3.8, 4) is 11.4 Å². The summed E-state index contributed by atoms with van der Waals surface area (Å²) in [6.07, 6.45) is 2.99. The van der Waals surface area contributed by atoms with E-state index in [1.165, 1.54) is 16.6 Å². The van der Waals surface area contributed by atoms with Gasteiger partial charge in [-0.25, -0.2) is 9.59 Å². The molecule has 0 saturated carbocycles. The Labute approximate surface area is 239 Å². The summed E-state index contributed by atoms with van der Waals surface area (Å²) < 4.78 is 18.2. The van der Waals surface area contributed by atoms with Gasteiger partial charge in [0.15, 0.2) is 11.0 Å². The van der Waals surface area contributed by atoms with Gasteiger partial charge < -0.3 is 19.5 Å². The maximum Gasteiger partial charge on any atom is 0.348 e. The fourth-order valence-corrected chi connectivity index (χ4v) is 6.85. The molecular weight excluding hydrogens is 561 g/mol. The van der Waals surface area contributed by atoms with Gasteiger partial charge in [0.05, 0.1) is 37.2 Å². The number of nitrogens with zero attached hydrogens (tertiary/aromatic N) is 3. The number of carbonyl (C=O) groups is 3. The van der Waals surface area contributed by atoms with Crippen LogP contribution in [0.2, 0.25) is 0 Å². The summed E-state index contributed by atoms with van der Waals surface area (Å²) in [6.45, 7) is 8.86. The number of carbonyl (C=O) groups excluding carboxylic acids is 3. The van der Waals surface area contributed by atoms with Gasteiger partial charge in [-0.15, -0.1) is 32.9 Å². The quantitative estimate of drug-likeness (QED) is 0.223. The first-order valence-corrected chi connectivity index (χ1v) is 15.6. The molecule has 1 atom stereocenters. The van der Waals surface area contributed by atoms with E-state index in [1.807, 2.05) is 4.57 Å². The van der Waals surface area contributed by atoms with Crippen molar-refractivity contribution in [2.45, 2.75) is 64.8 Å². The highest BCUT2D eigenvalue weighted by Crippen LogP contribution is 2.35. The van der Waals surface area contributed by atoms with E-state index >= 15 is 0 Å². The van der Waals surface area contributed by atoms with Crippen LogP contribution < -0.4 is 5.32 Å². The maximum absolute atomic E-state index is 13.0. The number of nitrogens with one attached hydrogen (secondary N) is 1. The predicted octanol–water partition coefficient (Wildman–Crippen LogP) is 5.20. The van der Waals surface area contributed by atoms with Crippen LogP contribution in [0.5, 0.6) is 0 Å². The van der Waals surface area contributed by atoms with Crippen LogP contribution in [0.15, 0.2) is 16.6 Å². The molecule has 1 amide bonds. The number of ether oxygens (including phenoxy) is 3. The minimum absolute atomic E-state index is 0.0292. The summed E-state index contributed by atoms with van der Waals surface area (Å²) in [6, 6.07) is 2.12. The lowest BCUT2D eigenvalue weighted by atomic mass is 10.1. The van der Waals surface area contributed by atoms with Crippen LogP contribution in [0.1, 0.15) is 64.1 Å². The smallest absolute Gasteiger partial charge is 0.348 e. The van der Waals surface area contributed by atoms with E-state index in [2.05, 4.69) is 33.9 Å². The summed E-state index contributed by atoms with van der Waals surface area (Å²) in [5, 5.41) is 14.6. The van der Waals surface area contributed by atoms with Crippen LogP contribution in [0.3, 0.4) is 0 Å². The maximum atomic E-state index is 13.0. The number of aromatic nitrogens is 3. The lowest BCUT2D eigenvalue weighted by molar-refractivity contribution is -0.113. The molecule has 4 heterocycles. The zero-order chi connectivity index (χ0) is 27.9. The first-order valence-electron chi connectivity index (χ1n) is 12.9. The highest BCUT2D eigenvalue weighted by molar-refractivity contribution is 7.99. The van der Waals surface area contributed by atoms with Crippen molar-refractivity contribution in [2.24, 2.45) is 0 Å². The molecule has 1 unspecified atom stereocenters. The number of anilines is 1. The monoisotopic (exact) mass is 592 g/mol. The second-order valence-electron chi connectivity index (χ2n) is 8.75. The van der Waals surface area contributed by atoms with Crippen molar-refractivity contribution in [1.29, 1.82) is 0 Å². The second kappa shape index (κ2) is 13.6. The molecule has 1 aliphatic heterocycles. The molecule has 0 radical (unpaired) electrons. The van der Waals surface area contributed by atoms with Crippen molar-refractivity contribution in [2.75, 3.05) is 30.9 Å². The van der Waals surface area contributed by atoms with Gasteiger partial charge in [0.2, 0.25) is 5.91 Å². The fourth-order valence-electron chi connectivity index (χ4n) is 4.18. The van der Waals surface area contributed by atoms with Gasteiger partial charge in [0.1, 0.15) is 9.88 Å². The molecule has 3 aromatic rings. The Hall–Kier alpha value is -2.74. The molecule has 4 rings (SSSR count). The van der Waals surface area contributed by atoms with Crippen LogP contribution >= 0.6 is 34.4 Å². The third-order valence-electron chi connectivity index (χ3n) is 6.06. The van der Waals surface area contributed by atoms with Gasteiger partial charge in [0.25, 0.3) is 0 Å². The fraction of sp³-hybridized carbons (Fsp3) is 0.500. The van der Waals surface area contributed by atoms with Gasteiger partial charge in [-0.05, 0) is 51.7 Å². The number of esters is 2. The molecule has 10 nitrogen and oxygen atoms in total. The molecule has 39 heavy (non-hydrogen) atoms. The van der Waals surface area contributed by atoms with Gasteiger partial charge in [-0.1, -0.05) is 18.7 Å². The Bertz CT molecular complexity index is 1330. The number of aryl methyl sites for hydroxylation is 1. The van der Waals surface area contributed by atoms with E-state index in [4.69, 9.17) is 14.2 Å². The molecule has 3 aromatic heterocycles. The van der Waals surface area contributed by atoms with E-state index in [1.54, 1.807) is 32.1 Å². The summed E-state index contributed by atoms with van der Waals surface area (Å²) >= 11 is 3.95. The third-order valence-corrected chi connectivity index (χ3v) is 9.30. The standard InChI is InChI=1S/C26H32N4O6S3/c1-5-18-11-16(13-37-18)22-28-29-26(30(22)12-17-9-8-10-36-17)38-14-19(31)27-23-20(24(32)34-6-2)15(4)21(39-23)25(33)35-7-3/h11,13,17H,5-10,12,14H2,1-4H3,(H,27,31). The molecule has 13 heteroatoms. The molecule has 210 valence electrons. The molecule has 0 bridgehead atoms. The lowest BCUT2D eigenvalue weighted by Crippen LogP contribution is -2.18. The summed E-state index contributed by atoms with van der Waals surface area (Å²) in [4.78, 5) is 39.6. The summed E-state index contributed by atoms with van der Waals surface area (Å²) in [5.41, 5.74) is 1.58. The predicted molar refractivity (Wildman–Crippen MR) is 152 cm³/mol. The Morgan fingerprint density at radius 3 is 2.62 bits per heavy atom. The number of thiophene rings is 2. The molecule has 1 N–H and O–H groups in total. The van der Waals surface area contributed by atoms with E-state index < -0.39 is 11.9 Å². The van der Waals surface area contributed by atoms with Crippen molar-refractivity contribution in [1.82, 2.24) is 14.8 Å². The van der Waals surface area contributed by atoms with Gasteiger partial charge in [0, 0.05) is 22.4 Å². The third kappa shape index (κ3) is 6.89. The van der Waals surface area contributed by atoms with Gasteiger partial charge in [-0.3, -0.25) is 9.36 Å². The van der Waals surface area contributed by atoms with Crippen LogP contribution in [0.4, 0.5) is 5.00 Å². The minimum Gasteiger partial charge on any atom is -0.462 e. The Morgan fingerprint density at radius 2 is 1.95 bits per heavy atom. The average molecular weight is 593 g/mol. The molecule has 0 aromatic carbocycles. The van der Waals surface area contributed by atoms with E-state index in [9.17, 15) is 14.4 Å². The summed E-state index contributed by atoms with van der Waals surface area (Å²) in [7, 11) is 0. The molecule has 1 fully saturated rings. The number of thioether (sulfide) groups is 1. The zero-order valence-electron chi connectivity index (χ0n) is 22.4. The molecule has 1 aliphatic rings. The Balaban J connectivity index is 1.53. The van der Waals surface area contributed by atoms with Gasteiger partial charge >= 0.3 is 11.9 Å². The first kappa shape index (κ1) is 29.2.